The first-order chi connectivity index (χ1) is 12.6. The average molecular weight is 388 g/mol. The fraction of sp³-hybridized carbons (Fsp3) is 0.421. The van der Waals surface area contributed by atoms with Crippen LogP contribution in [0.1, 0.15) is 41.3 Å². The van der Waals surface area contributed by atoms with Crippen molar-refractivity contribution in [1.82, 2.24) is 14.9 Å². The number of fused-ring (bicyclic) bond motifs is 1. The smallest absolute Gasteiger partial charge is 0.254 e. The van der Waals surface area contributed by atoms with Gasteiger partial charge in [0.2, 0.25) is 10.0 Å². The van der Waals surface area contributed by atoms with Crippen LogP contribution < -0.4 is 4.31 Å². The van der Waals surface area contributed by atoms with E-state index in [9.17, 15) is 13.2 Å². The quantitative estimate of drug-likeness (QED) is 0.784. The molecule has 0 fully saturated rings. The highest BCUT2D eigenvalue weighted by molar-refractivity contribution is 7.92. The van der Waals surface area contributed by atoms with Gasteiger partial charge in [-0.15, -0.1) is 0 Å². The molecule has 2 heterocycles. The maximum absolute atomic E-state index is 12.8. The molecule has 0 spiro atoms. The van der Waals surface area contributed by atoms with E-state index in [-0.39, 0.29) is 5.91 Å². The first-order valence-corrected chi connectivity index (χ1v) is 10.7. The number of hydrogen-bond acceptors (Lipinski definition) is 5. The van der Waals surface area contributed by atoms with E-state index < -0.39 is 10.0 Å². The van der Waals surface area contributed by atoms with Crippen LogP contribution in [0.4, 0.5) is 5.69 Å². The lowest BCUT2D eigenvalue weighted by molar-refractivity contribution is 0.0750. The molecule has 2 aromatic rings. The van der Waals surface area contributed by atoms with E-state index in [0.717, 1.165) is 29.8 Å². The van der Waals surface area contributed by atoms with E-state index in [4.69, 9.17) is 0 Å². The Kier molecular flexibility index (Phi) is 5.19. The van der Waals surface area contributed by atoms with Crippen molar-refractivity contribution in [2.45, 2.75) is 33.4 Å². The van der Waals surface area contributed by atoms with Crippen LogP contribution in [0.2, 0.25) is 0 Å². The molecule has 0 saturated carbocycles. The van der Waals surface area contributed by atoms with Crippen LogP contribution >= 0.6 is 0 Å². The summed E-state index contributed by atoms with van der Waals surface area (Å²) < 4.78 is 24.4. The van der Waals surface area contributed by atoms with Gasteiger partial charge in [0, 0.05) is 37.3 Å². The van der Waals surface area contributed by atoms with Crippen LogP contribution in [-0.4, -0.2) is 42.5 Å². The first-order valence-electron chi connectivity index (χ1n) is 8.82. The third-order valence-electron chi connectivity index (χ3n) is 4.56. The fourth-order valence-corrected chi connectivity index (χ4v) is 3.49. The molecule has 0 unspecified atom stereocenters. The van der Waals surface area contributed by atoms with Gasteiger partial charge in [-0.05, 0) is 30.2 Å². The SMILES string of the molecule is CC(C)Cc1ncc2c(n1)CN(C(=O)c1ccc(N(C)S(C)(=O)=O)cc1)C2. The molecule has 0 aliphatic carbocycles. The third kappa shape index (κ3) is 4.27. The molecule has 0 radical (unpaired) electrons. The largest absolute Gasteiger partial charge is 0.328 e. The number of nitrogens with zero attached hydrogens (tertiary/aromatic N) is 4. The van der Waals surface area contributed by atoms with E-state index in [1.807, 2.05) is 6.20 Å². The molecule has 1 aliphatic rings. The van der Waals surface area contributed by atoms with Crippen molar-refractivity contribution in [3.8, 4) is 0 Å². The molecule has 0 N–H and O–H groups in total. The summed E-state index contributed by atoms with van der Waals surface area (Å²) in [5.74, 6) is 1.18. The Hall–Kier alpha value is -2.48. The van der Waals surface area contributed by atoms with Crippen molar-refractivity contribution in [2.75, 3.05) is 17.6 Å². The van der Waals surface area contributed by atoms with Gasteiger partial charge in [-0.3, -0.25) is 9.10 Å². The van der Waals surface area contributed by atoms with Crippen molar-refractivity contribution >= 4 is 21.6 Å². The van der Waals surface area contributed by atoms with Crippen molar-refractivity contribution in [3.05, 3.63) is 53.1 Å². The number of anilines is 1. The predicted molar refractivity (Wildman–Crippen MR) is 104 cm³/mol. The molecule has 1 aliphatic heterocycles. The van der Waals surface area contributed by atoms with Gasteiger partial charge >= 0.3 is 0 Å². The molecule has 7 nitrogen and oxygen atoms in total. The molecule has 8 heteroatoms. The Balaban J connectivity index is 1.73. The van der Waals surface area contributed by atoms with Gasteiger partial charge in [-0.25, -0.2) is 18.4 Å². The van der Waals surface area contributed by atoms with E-state index >= 15 is 0 Å². The minimum absolute atomic E-state index is 0.105. The summed E-state index contributed by atoms with van der Waals surface area (Å²) in [6.07, 6.45) is 3.77. The fourth-order valence-electron chi connectivity index (χ4n) is 2.99. The predicted octanol–water partition coefficient (Wildman–Crippen LogP) is 2.23. The number of amides is 1. The maximum Gasteiger partial charge on any atom is 0.254 e. The number of sulfonamides is 1. The van der Waals surface area contributed by atoms with Gasteiger partial charge in [-0.1, -0.05) is 13.8 Å². The standard InChI is InChI=1S/C19H24N4O3S/c1-13(2)9-18-20-10-15-11-23(12-17(15)21-18)19(24)14-5-7-16(8-6-14)22(3)27(4,25)26/h5-8,10,13H,9,11-12H2,1-4H3. The Morgan fingerprint density at radius 1 is 1.22 bits per heavy atom. The molecule has 1 amide bonds. The van der Waals surface area contributed by atoms with Crippen molar-refractivity contribution < 1.29 is 13.2 Å². The molecular weight excluding hydrogens is 364 g/mol. The summed E-state index contributed by atoms with van der Waals surface area (Å²) in [7, 11) is -1.85. The minimum Gasteiger partial charge on any atom is -0.328 e. The average Bonchev–Trinajstić information content (AvgIpc) is 3.02. The van der Waals surface area contributed by atoms with Crippen LogP contribution in [0, 0.1) is 5.92 Å². The van der Waals surface area contributed by atoms with Crippen LogP contribution in [0.15, 0.2) is 30.5 Å². The number of hydrogen-bond donors (Lipinski definition) is 0. The monoisotopic (exact) mass is 388 g/mol. The lowest BCUT2D eigenvalue weighted by Crippen LogP contribution is -2.26. The molecule has 0 atom stereocenters. The Morgan fingerprint density at radius 2 is 1.89 bits per heavy atom. The molecular formula is C19H24N4O3S. The van der Waals surface area contributed by atoms with Crippen LogP contribution in [0.3, 0.4) is 0 Å². The summed E-state index contributed by atoms with van der Waals surface area (Å²) in [6.45, 7) is 5.20. The highest BCUT2D eigenvalue weighted by atomic mass is 32.2. The second-order valence-corrected chi connectivity index (χ2v) is 9.31. The molecule has 27 heavy (non-hydrogen) atoms. The van der Waals surface area contributed by atoms with E-state index in [1.54, 1.807) is 29.2 Å². The molecule has 0 saturated heterocycles. The van der Waals surface area contributed by atoms with Crippen LogP contribution in [0.5, 0.6) is 0 Å². The van der Waals surface area contributed by atoms with Crippen LogP contribution in [-0.2, 0) is 29.5 Å². The maximum atomic E-state index is 12.8. The van der Waals surface area contributed by atoms with E-state index in [1.165, 1.54) is 11.4 Å². The van der Waals surface area contributed by atoms with Crippen molar-refractivity contribution in [2.24, 2.45) is 5.92 Å². The number of aromatic nitrogens is 2. The molecule has 0 bridgehead atoms. The minimum atomic E-state index is -3.33. The summed E-state index contributed by atoms with van der Waals surface area (Å²) in [6, 6.07) is 6.58. The first kappa shape index (κ1) is 19.3. The zero-order valence-corrected chi connectivity index (χ0v) is 16.8. The van der Waals surface area contributed by atoms with Gasteiger partial charge in [0.25, 0.3) is 5.91 Å². The topological polar surface area (TPSA) is 83.5 Å². The summed E-state index contributed by atoms with van der Waals surface area (Å²) >= 11 is 0. The number of carbonyl (C=O) groups excluding carboxylic acids is 1. The number of rotatable bonds is 5. The second kappa shape index (κ2) is 7.26. The Labute approximate surface area is 160 Å². The van der Waals surface area contributed by atoms with E-state index in [2.05, 4.69) is 23.8 Å². The Bertz CT molecular complexity index is 955. The third-order valence-corrected chi connectivity index (χ3v) is 5.77. The zero-order valence-electron chi connectivity index (χ0n) is 16.0. The van der Waals surface area contributed by atoms with Gasteiger partial charge in [0.1, 0.15) is 5.82 Å². The molecule has 1 aromatic carbocycles. The summed E-state index contributed by atoms with van der Waals surface area (Å²) in [4.78, 5) is 23.5. The van der Waals surface area contributed by atoms with Crippen molar-refractivity contribution in [3.63, 3.8) is 0 Å². The van der Waals surface area contributed by atoms with Crippen LogP contribution in [0.25, 0.3) is 0 Å². The summed E-state index contributed by atoms with van der Waals surface area (Å²) in [5.41, 5.74) is 2.92. The van der Waals surface area contributed by atoms with Gasteiger partial charge in [-0.2, -0.15) is 0 Å². The molecule has 3 rings (SSSR count). The lowest BCUT2D eigenvalue weighted by atomic mass is 10.1. The number of carbonyl (C=O) groups is 1. The zero-order chi connectivity index (χ0) is 19.8. The second-order valence-electron chi connectivity index (χ2n) is 7.29. The van der Waals surface area contributed by atoms with Gasteiger partial charge < -0.3 is 4.90 Å². The molecule has 144 valence electrons. The van der Waals surface area contributed by atoms with E-state index in [0.29, 0.717) is 30.3 Å². The lowest BCUT2D eigenvalue weighted by Gasteiger charge is -2.18. The summed E-state index contributed by atoms with van der Waals surface area (Å²) in [5, 5.41) is 0. The highest BCUT2D eigenvalue weighted by Gasteiger charge is 2.26. The molecule has 1 aromatic heterocycles. The normalized spacial score (nSPS) is 13.7. The van der Waals surface area contributed by atoms with Gasteiger partial charge in [0.15, 0.2) is 0 Å². The van der Waals surface area contributed by atoms with Gasteiger partial charge in [0.05, 0.1) is 24.2 Å². The number of benzene rings is 1. The Morgan fingerprint density at radius 3 is 2.48 bits per heavy atom. The highest BCUT2D eigenvalue weighted by Crippen LogP contribution is 2.24. The van der Waals surface area contributed by atoms with Crippen molar-refractivity contribution in [1.29, 1.82) is 0 Å².